The third kappa shape index (κ3) is 4.51. The standard InChI is InChI=1S/C24H30NO3/c1-5-14-23(15-6-2)18-21(28-22(26)20-12-10-9-11-13-20)19-24(16-7-3,17-8-4)25(23)27/h5-13,21H,1-4,14-19H2. The smallest absolute Gasteiger partial charge is 0.338 e. The zero-order valence-corrected chi connectivity index (χ0v) is 16.5. The molecule has 1 saturated heterocycles. The van der Waals surface area contributed by atoms with Crippen LogP contribution in [0.5, 0.6) is 0 Å². The van der Waals surface area contributed by atoms with Crippen LogP contribution in [0.3, 0.4) is 0 Å². The van der Waals surface area contributed by atoms with Crippen LogP contribution in [0.15, 0.2) is 81.0 Å². The molecule has 1 aliphatic rings. The Bertz CT molecular complexity index is 656. The van der Waals surface area contributed by atoms with Gasteiger partial charge < -0.3 is 4.74 Å². The minimum absolute atomic E-state index is 0.373. The molecule has 0 N–H and O–H groups in total. The molecule has 28 heavy (non-hydrogen) atoms. The molecular formula is C24H30NO3. The first kappa shape index (κ1) is 21.9. The molecule has 1 radical (unpaired) electrons. The van der Waals surface area contributed by atoms with E-state index < -0.39 is 17.2 Å². The Morgan fingerprint density at radius 3 is 1.75 bits per heavy atom. The predicted molar refractivity (Wildman–Crippen MR) is 112 cm³/mol. The van der Waals surface area contributed by atoms with E-state index in [0.29, 0.717) is 44.1 Å². The van der Waals surface area contributed by atoms with Crippen LogP contribution < -0.4 is 0 Å². The average molecular weight is 381 g/mol. The van der Waals surface area contributed by atoms with E-state index in [0.717, 1.165) is 0 Å². The fourth-order valence-corrected chi connectivity index (χ4v) is 4.37. The third-order valence-electron chi connectivity index (χ3n) is 5.46. The number of hydroxylamine groups is 2. The lowest BCUT2D eigenvalue weighted by Crippen LogP contribution is -2.64. The highest BCUT2D eigenvalue weighted by molar-refractivity contribution is 5.89. The van der Waals surface area contributed by atoms with Crippen molar-refractivity contribution >= 4 is 5.97 Å². The summed E-state index contributed by atoms with van der Waals surface area (Å²) in [5.74, 6) is -0.373. The normalized spacial score (nSPS) is 18.8. The van der Waals surface area contributed by atoms with Gasteiger partial charge in [0.25, 0.3) is 0 Å². The van der Waals surface area contributed by atoms with E-state index in [4.69, 9.17) is 4.74 Å². The highest BCUT2D eigenvalue weighted by Crippen LogP contribution is 2.47. The van der Waals surface area contributed by atoms with Gasteiger partial charge in [0.05, 0.1) is 16.6 Å². The van der Waals surface area contributed by atoms with Crippen molar-refractivity contribution in [3.63, 3.8) is 0 Å². The van der Waals surface area contributed by atoms with E-state index in [2.05, 4.69) is 26.3 Å². The summed E-state index contributed by atoms with van der Waals surface area (Å²) in [6, 6.07) is 8.91. The number of hydrogen-bond acceptors (Lipinski definition) is 3. The van der Waals surface area contributed by atoms with Gasteiger partial charge in [0, 0.05) is 12.8 Å². The molecule has 4 nitrogen and oxygen atoms in total. The summed E-state index contributed by atoms with van der Waals surface area (Å²) in [5.41, 5.74) is -1.01. The molecule has 0 amide bonds. The first-order valence-electron chi connectivity index (χ1n) is 9.64. The number of rotatable bonds is 10. The maximum Gasteiger partial charge on any atom is 0.338 e. The van der Waals surface area contributed by atoms with Crippen LogP contribution in [0.2, 0.25) is 0 Å². The van der Waals surface area contributed by atoms with Crippen molar-refractivity contribution < 1.29 is 14.7 Å². The molecule has 2 rings (SSSR count). The zero-order valence-electron chi connectivity index (χ0n) is 16.5. The minimum Gasteiger partial charge on any atom is -0.459 e. The maximum absolute atomic E-state index is 13.6. The molecule has 0 spiro atoms. The van der Waals surface area contributed by atoms with Crippen LogP contribution in [0.25, 0.3) is 0 Å². The summed E-state index contributed by atoms with van der Waals surface area (Å²) in [7, 11) is 0. The van der Waals surface area contributed by atoms with Gasteiger partial charge in [0.2, 0.25) is 0 Å². The Balaban J connectivity index is 2.40. The summed E-state index contributed by atoms with van der Waals surface area (Å²) in [6.07, 6.45) is 9.42. The second-order valence-electron chi connectivity index (χ2n) is 7.52. The van der Waals surface area contributed by atoms with E-state index in [-0.39, 0.29) is 5.97 Å². The van der Waals surface area contributed by atoms with Crippen molar-refractivity contribution in [2.24, 2.45) is 0 Å². The van der Waals surface area contributed by atoms with Gasteiger partial charge in [-0.05, 0) is 37.8 Å². The molecule has 0 bridgehead atoms. The van der Waals surface area contributed by atoms with Gasteiger partial charge in [-0.15, -0.1) is 36.6 Å². The number of carbonyl (C=O) groups is 1. The molecule has 1 aromatic rings. The molecule has 1 aliphatic heterocycles. The molecular weight excluding hydrogens is 350 g/mol. The number of ether oxygens (including phenoxy) is 1. The zero-order chi connectivity index (χ0) is 20.6. The second-order valence-corrected chi connectivity index (χ2v) is 7.52. The maximum atomic E-state index is 13.6. The van der Waals surface area contributed by atoms with E-state index in [1.165, 1.54) is 5.06 Å². The minimum atomic E-state index is -0.755. The Kier molecular flexibility index (Phi) is 7.55. The van der Waals surface area contributed by atoms with Gasteiger partial charge in [-0.1, -0.05) is 42.5 Å². The Labute approximate surface area is 168 Å². The van der Waals surface area contributed by atoms with E-state index >= 15 is 0 Å². The molecule has 4 heteroatoms. The molecule has 1 fully saturated rings. The van der Waals surface area contributed by atoms with Crippen molar-refractivity contribution in [3.05, 3.63) is 86.5 Å². The van der Waals surface area contributed by atoms with E-state index in [9.17, 15) is 10.0 Å². The lowest BCUT2D eigenvalue weighted by atomic mass is 9.71. The predicted octanol–water partition coefficient (Wildman–Crippen LogP) is 5.44. The van der Waals surface area contributed by atoms with Crippen LogP contribution in [0.4, 0.5) is 0 Å². The first-order chi connectivity index (χ1) is 13.5. The van der Waals surface area contributed by atoms with Crippen LogP contribution in [0.1, 0.15) is 48.9 Å². The van der Waals surface area contributed by atoms with Crippen LogP contribution >= 0.6 is 0 Å². The van der Waals surface area contributed by atoms with Crippen LogP contribution in [0, 0.1) is 0 Å². The number of esters is 1. The summed E-state index contributed by atoms with van der Waals surface area (Å²) in [4.78, 5) is 12.7. The highest BCUT2D eigenvalue weighted by atomic mass is 16.5. The molecule has 0 aromatic heterocycles. The molecule has 0 saturated carbocycles. The second kappa shape index (κ2) is 9.67. The summed E-state index contributed by atoms with van der Waals surface area (Å²) >= 11 is 0. The molecule has 0 unspecified atom stereocenters. The Morgan fingerprint density at radius 1 is 0.929 bits per heavy atom. The van der Waals surface area contributed by atoms with Gasteiger partial charge in [0.15, 0.2) is 0 Å². The average Bonchev–Trinajstić information content (AvgIpc) is 2.67. The SMILES string of the molecule is C=CCC1(CC=C)CC(OC(=O)c2ccccc2)CC(CC=C)(CC=C)N1[O]. The van der Waals surface area contributed by atoms with Gasteiger partial charge in [-0.25, -0.2) is 4.79 Å². The summed E-state index contributed by atoms with van der Waals surface area (Å²) in [5, 5.41) is 14.8. The molecule has 0 atom stereocenters. The van der Waals surface area contributed by atoms with Crippen LogP contribution in [-0.2, 0) is 9.94 Å². The van der Waals surface area contributed by atoms with Crippen molar-refractivity contribution in [2.75, 3.05) is 0 Å². The van der Waals surface area contributed by atoms with Crippen molar-refractivity contribution in [1.82, 2.24) is 5.06 Å². The summed E-state index contributed by atoms with van der Waals surface area (Å²) in [6.45, 7) is 15.4. The van der Waals surface area contributed by atoms with E-state index in [1.807, 2.05) is 6.07 Å². The lowest BCUT2D eigenvalue weighted by molar-refractivity contribution is -0.313. The number of hydrogen-bond donors (Lipinski definition) is 0. The fraction of sp³-hybridized carbons (Fsp3) is 0.375. The van der Waals surface area contributed by atoms with Crippen LogP contribution in [-0.4, -0.2) is 28.2 Å². The van der Waals surface area contributed by atoms with Gasteiger partial charge in [0.1, 0.15) is 6.10 Å². The molecule has 149 valence electrons. The number of nitrogens with zero attached hydrogens (tertiary/aromatic N) is 1. The van der Waals surface area contributed by atoms with Crippen molar-refractivity contribution in [3.8, 4) is 0 Å². The quantitative estimate of drug-likeness (QED) is 0.401. The molecule has 0 aliphatic carbocycles. The van der Waals surface area contributed by atoms with Gasteiger partial charge >= 0.3 is 5.97 Å². The van der Waals surface area contributed by atoms with Crippen molar-refractivity contribution in [2.45, 2.75) is 55.7 Å². The summed E-state index contributed by atoms with van der Waals surface area (Å²) < 4.78 is 5.88. The highest BCUT2D eigenvalue weighted by Gasteiger charge is 2.54. The first-order valence-corrected chi connectivity index (χ1v) is 9.64. The third-order valence-corrected chi connectivity index (χ3v) is 5.46. The Hall–Kier alpha value is -2.43. The fourth-order valence-electron chi connectivity index (χ4n) is 4.37. The molecule has 1 aromatic carbocycles. The number of piperidine rings is 1. The van der Waals surface area contributed by atoms with Crippen molar-refractivity contribution in [1.29, 1.82) is 0 Å². The molecule has 1 heterocycles. The van der Waals surface area contributed by atoms with Gasteiger partial charge in [-0.2, -0.15) is 0 Å². The topological polar surface area (TPSA) is 49.4 Å². The lowest BCUT2D eigenvalue weighted by Gasteiger charge is -2.54. The number of carbonyl (C=O) groups excluding carboxylic acids is 1. The van der Waals surface area contributed by atoms with Gasteiger partial charge in [-0.3, -0.25) is 0 Å². The monoisotopic (exact) mass is 380 g/mol. The van der Waals surface area contributed by atoms with E-state index in [1.54, 1.807) is 48.6 Å². The largest absolute Gasteiger partial charge is 0.459 e. The number of benzene rings is 1. The Morgan fingerprint density at radius 2 is 1.36 bits per heavy atom.